The van der Waals surface area contributed by atoms with Crippen LogP contribution in [-0.2, 0) is 32.6 Å². The van der Waals surface area contributed by atoms with Gasteiger partial charge in [-0.05, 0) is 99.5 Å². The first-order valence-corrected chi connectivity index (χ1v) is 26.5. The van der Waals surface area contributed by atoms with E-state index in [1.165, 1.54) is 42.7 Å². The Hall–Kier alpha value is -8.84. The van der Waals surface area contributed by atoms with E-state index in [0.29, 0.717) is 29.1 Å². The minimum atomic E-state index is -4.42. The standard InChI is InChI=1S/C23H18F3N5.C20H14F3N5.2C6H6O3S/c1-13-20(16-7-4-14-3-2-10-27-18(14)11-16)30-22(15-5-6-15)31-21(13)29-19-9-8-17(12-28-19)23(24,25)26;1-12-18(14-5-4-13-3-2-8-24-16(13)9-14)26-11-27-19(12)28-17-7-6-15(10-25-17)20(21,22)23;2*7-10(8,9)6-4-2-1-3-5-6/h2-4,7-12,15H,5-6H2,1H3,(H,28,29,30,31);2-11H,1H3,(H,25,26,27,28);2*1-5H,(H,7,8,9). The highest BCUT2D eigenvalue weighted by Gasteiger charge is 2.32. The van der Waals surface area contributed by atoms with Crippen molar-refractivity contribution in [1.82, 2.24) is 39.9 Å². The molecule has 4 N–H and O–H groups in total. The highest BCUT2D eigenvalue weighted by molar-refractivity contribution is 7.86. The smallest absolute Gasteiger partial charge is 0.325 e. The van der Waals surface area contributed by atoms with Crippen molar-refractivity contribution in [2.45, 2.75) is 54.8 Å². The molecule has 16 nitrogen and oxygen atoms in total. The van der Waals surface area contributed by atoms with Gasteiger partial charge >= 0.3 is 12.4 Å². The van der Waals surface area contributed by atoms with Crippen molar-refractivity contribution in [3.05, 3.63) is 205 Å². The highest BCUT2D eigenvalue weighted by atomic mass is 32.2. The molecule has 0 amide bonds. The third-order valence-corrected chi connectivity index (χ3v) is 13.4. The van der Waals surface area contributed by atoms with Crippen molar-refractivity contribution < 1.29 is 52.3 Å². The molecule has 24 heteroatoms. The van der Waals surface area contributed by atoms with Gasteiger partial charge in [0.25, 0.3) is 20.2 Å². The van der Waals surface area contributed by atoms with Crippen LogP contribution in [0.4, 0.5) is 49.6 Å². The molecule has 1 aliphatic carbocycles. The summed E-state index contributed by atoms with van der Waals surface area (Å²) in [5.74, 6) is 2.61. The Morgan fingerprint density at radius 3 is 1.37 bits per heavy atom. The van der Waals surface area contributed by atoms with E-state index in [-0.39, 0.29) is 15.6 Å². The number of aromatic nitrogens is 8. The summed E-state index contributed by atoms with van der Waals surface area (Å²) >= 11 is 0. The minimum Gasteiger partial charge on any atom is -0.325 e. The molecule has 0 atom stereocenters. The first-order chi connectivity index (χ1) is 37.5. The summed E-state index contributed by atoms with van der Waals surface area (Å²) in [6.07, 6.45) is -0.317. The van der Waals surface area contributed by atoms with Crippen LogP contribution in [0.1, 0.15) is 46.8 Å². The van der Waals surface area contributed by atoms with Gasteiger partial charge in [0.15, 0.2) is 0 Å². The average Bonchev–Trinajstić information content (AvgIpc) is 4.30. The number of rotatable bonds is 9. The Bertz CT molecular complexity index is 3910. The second-order valence-corrected chi connectivity index (χ2v) is 20.2. The van der Waals surface area contributed by atoms with Crippen molar-refractivity contribution in [2.75, 3.05) is 10.6 Å². The van der Waals surface area contributed by atoms with Crippen LogP contribution in [0.15, 0.2) is 186 Å². The molecular weight excluding hydrogens is 1070 g/mol. The first kappa shape index (κ1) is 56.4. The molecule has 79 heavy (non-hydrogen) atoms. The number of pyridine rings is 4. The quantitative estimate of drug-likeness (QED) is 0.0777. The van der Waals surface area contributed by atoms with Gasteiger partial charge in [-0.1, -0.05) is 72.8 Å². The normalized spacial score (nSPS) is 12.5. The SMILES string of the molecule is Cc1c(Nc2ccc(C(F)(F)F)cn2)nc(C2CC2)nc1-c1ccc2cccnc2c1.Cc1c(Nc2ccc(C(F)(F)F)cn2)ncnc1-c1ccc2cccnc2c1.O=S(=O)(O)c1ccccc1.O=S(=O)(O)c1ccccc1. The van der Waals surface area contributed by atoms with E-state index in [1.807, 2.05) is 74.5 Å². The number of hydrogen-bond donors (Lipinski definition) is 4. The molecule has 0 unspecified atom stereocenters. The fourth-order valence-electron chi connectivity index (χ4n) is 7.45. The van der Waals surface area contributed by atoms with E-state index in [4.69, 9.17) is 14.1 Å². The second-order valence-electron chi connectivity index (χ2n) is 17.4. The molecule has 1 fully saturated rings. The molecule has 6 heterocycles. The first-order valence-electron chi connectivity index (χ1n) is 23.6. The Kier molecular flexibility index (Phi) is 17.0. The van der Waals surface area contributed by atoms with Gasteiger partial charge < -0.3 is 10.6 Å². The Balaban J connectivity index is 0.000000155. The largest absolute Gasteiger partial charge is 0.417 e. The van der Waals surface area contributed by atoms with E-state index in [2.05, 4.69) is 45.5 Å². The maximum absolute atomic E-state index is 12.8. The summed E-state index contributed by atoms with van der Waals surface area (Å²) in [5, 5.41) is 8.08. The van der Waals surface area contributed by atoms with Crippen LogP contribution in [-0.4, -0.2) is 65.8 Å². The molecule has 6 aromatic heterocycles. The van der Waals surface area contributed by atoms with Gasteiger partial charge in [0, 0.05) is 63.7 Å². The summed E-state index contributed by atoms with van der Waals surface area (Å²) in [7, 11) is -8.01. The van der Waals surface area contributed by atoms with Crippen LogP contribution in [0.2, 0.25) is 0 Å². The number of nitrogens with one attached hydrogen (secondary N) is 2. The fraction of sp³-hybridized carbons (Fsp3) is 0.127. The molecule has 4 aromatic carbocycles. The summed E-state index contributed by atoms with van der Waals surface area (Å²) in [4.78, 5) is 34.4. The number of nitrogens with zero attached hydrogens (tertiary/aromatic N) is 8. The third kappa shape index (κ3) is 15.0. The van der Waals surface area contributed by atoms with Gasteiger partial charge in [-0.3, -0.25) is 19.1 Å². The molecule has 0 radical (unpaired) electrons. The molecule has 1 saturated carbocycles. The molecule has 0 spiro atoms. The van der Waals surface area contributed by atoms with Gasteiger partial charge in [-0.15, -0.1) is 0 Å². The summed E-state index contributed by atoms with van der Waals surface area (Å²) in [6.45, 7) is 3.73. The summed E-state index contributed by atoms with van der Waals surface area (Å²) in [6, 6.07) is 39.0. The molecule has 11 rings (SSSR count). The van der Waals surface area contributed by atoms with Crippen LogP contribution in [0.5, 0.6) is 0 Å². The fourth-order valence-corrected chi connectivity index (χ4v) is 8.46. The zero-order valence-corrected chi connectivity index (χ0v) is 43.1. The van der Waals surface area contributed by atoms with Crippen LogP contribution >= 0.6 is 0 Å². The van der Waals surface area contributed by atoms with E-state index in [1.54, 1.807) is 48.8 Å². The molecule has 0 bridgehead atoms. The average molecular weight is 1120 g/mol. The zero-order chi connectivity index (χ0) is 56.5. The highest BCUT2D eigenvalue weighted by Crippen LogP contribution is 2.41. The van der Waals surface area contributed by atoms with E-state index < -0.39 is 43.7 Å². The van der Waals surface area contributed by atoms with Crippen LogP contribution < -0.4 is 10.6 Å². The Labute approximate surface area is 448 Å². The molecule has 1 aliphatic rings. The van der Waals surface area contributed by atoms with Gasteiger partial charge in [-0.2, -0.15) is 43.2 Å². The summed E-state index contributed by atoms with van der Waals surface area (Å²) < 4.78 is 135. The van der Waals surface area contributed by atoms with Gasteiger partial charge in [0.05, 0.1) is 43.3 Å². The molecule has 404 valence electrons. The zero-order valence-electron chi connectivity index (χ0n) is 41.4. The predicted molar refractivity (Wildman–Crippen MR) is 285 cm³/mol. The van der Waals surface area contributed by atoms with Crippen LogP contribution in [0.25, 0.3) is 44.3 Å². The third-order valence-electron chi connectivity index (χ3n) is 11.7. The lowest BCUT2D eigenvalue weighted by atomic mass is 10.0. The molecular formula is C55H44F6N10O6S2. The minimum absolute atomic E-state index is 0.0741. The lowest BCUT2D eigenvalue weighted by Gasteiger charge is -2.15. The number of hydrogen-bond acceptors (Lipinski definition) is 14. The molecule has 0 aliphatic heterocycles. The molecule has 10 aromatic rings. The Morgan fingerprint density at radius 1 is 0.494 bits per heavy atom. The Morgan fingerprint density at radius 2 is 0.949 bits per heavy atom. The lowest BCUT2D eigenvalue weighted by molar-refractivity contribution is -0.138. The van der Waals surface area contributed by atoms with Crippen LogP contribution in [0.3, 0.4) is 0 Å². The number of fused-ring (bicyclic) bond motifs is 2. The van der Waals surface area contributed by atoms with Gasteiger partial charge in [0.2, 0.25) is 0 Å². The van der Waals surface area contributed by atoms with Gasteiger partial charge in [0.1, 0.15) is 35.4 Å². The number of halogens is 6. The number of anilines is 4. The maximum atomic E-state index is 12.8. The maximum Gasteiger partial charge on any atom is 0.417 e. The van der Waals surface area contributed by atoms with Crippen molar-refractivity contribution >= 4 is 65.3 Å². The van der Waals surface area contributed by atoms with E-state index >= 15 is 0 Å². The van der Waals surface area contributed by atoms with E-state index in [0.717, 1.165) is 92.9 Å². The monoisotopic (exact) mass is 1120 g/mol. The second kappa shape index (κ2) is 23.8. The van der Waals surface area contributed by atoms with Crippen molar-refractivity contribution in [1.29, 1.82) is 0 Å². The van der Waals surface area contributed by atoms with E-state index in [9.17, 15) is 43.2 Å². The van der Waals surface area contributed by atoms with Crippen molar-refractivity contribution in [3.63, 3.8) is 0 Å². The predicted octanol–water partition coefficient (Wildman–Crippen LogP) is 13.1. The van der Waals surface area contributed by atoms with Crippen molar-refractivity contribution in [3.8, 4) is 22.5 Å². The van der Waals surface area contributed by atoms with Crippen LogP contribution in [0, 0.1) is 13.8 Å². The lowest BCUT2D eigenvalue weighted by Crippen LogP contribution is -2.08. The van der Waals surface area contributed by atoms with Crippen molar-refractivity contribution in [2.24, 2.45) is 0 Å². The molecule has 0 saturated heterocycles. The number of alkyl halides is 6. The topological polar surface area (TPSA) is 236 Å². The summed E-state index contributed by atoms with van der Waals surface area (Å²) in [5.41, 5.74) is 4.92. The van der Waals surface area contributed by atoms with Gasteiger partial charge in [-0.25, -0.2) is 29.9 Å². The number of benzene rings is 4.